The van der Waals surface area contributed by atoms with Gasteiger partial charge in [0, 0.05) is 22.1 Å². The highest BCUT2D eigenvalue weighted by Crippen LogP contribution is 2.27. The summed E-state index contributed by atoms with van der Waals surface area (Å²) < 4.78 is 5.98. The fraction of sp³-hybridized carbons (Fsp3) is 0.176. The van der Waals surface area contributed by atoms with E-state index in [1.165, 1.54) is 12.0 Å². The van der Waals surface area contributed by atoms with Gasteiger partial charge in [0.1, 0.15) is 5.75 Å². The zero-order valence-electron chi connectivity index (χ0n) is 13.2. The molecule has 0 atom stereocenters. The third kappa shape index (κ3) is 4.72. The van der Waals surface area contributed by atoms with E-state index >= 15 is 0 Å². The van der Waals surface area contributed by atoms with Gasteiger partial charge in [0.05, 0.1) is 19.3 Å². The summed E-state index contributed by atoms with van der Waals surface area (Å²) >= 11 is 9.25. The summed E-state index contributed by atoms with van der Waals surface area (Å²) in [6, 6.07) is 11.9. The smallest absolute Gasteiger partial charge is 0.254 e. The van der Waals surface area contributed by atoms with E-state index in [1.54, 1.807) is 43.4 Å². The molecule has 0 fully saturated rings. The molecule has 2 aromatic carbocycles. The molecule has 7 heteroatoms. The molecule has 0 aliphatic rings. The SMILES string of the molecule is COc1ccc(Cl)cc1NC(=O)CN(C)C(=O)c1cccc(Br)c1. The Hall–Kier alpha value is -2.05. The van der Waals surface area contributed by atoms with E-state index in [0.29, 0.717) is 22.0 Å². The van der Waals surface area contributed by atoms with Crippen molar-refractivity contribution in [1.29, 1.82) is 0 Å². The van der Waals surface area contributed by atoms with Crippen LogP contribution in [0.2, 0.25) is 5.02 Å². The minimum Gasteiger partial charge on any atom is -0.495 e. The lowest BCUT2D eigenvalue weighted by molar-refractivity contribution is -0.116. The van der Waals surface area contributed by atoms with Crippen LogP contribution in [-0.2, 0) is 4.79 Å². The van der Waals surface area contributed by atoms with Crippen LogP contribution in [0.1, 0.15) is 10.4 Å². The van der Waals surface area contributed by atoms with Crippen molar-refractivity contribution in [1.82, 2.24) is 4.90 Å². The fourth-order valence-corrected chi connectivity index (χ4v) is 2.67. The Kier molecular flexibility index (Phi) is 6.23. The first kappa shape index (κ1) is 18.3. The van der Waals surface area contributed by atoms with Crippen LogP contribution in [0.5, 0.6) is 5.75 Å². The Balaban J connectivity index is 2.04. The number of anilines is 1. The molecule has 0 bridgehead atoms. The van der Waals surface area contributed by atoms with Gasteiger partial charge >= 0.3 is 0 Å². The van der Waals surface area contributed by atoms with Gasteiger partial charge in [-0.05, 0) is 36.4 Å². The first-order chi connectivity index (χ1) is 11.4. The van der Waals surface area contributed by atoms with Crippen LogP contribution in [0.4, 0.5) is 5.69 Å². The molecule has 126 valence electrons. The number of methoxy groups -OCH3 is 1. The highest BCUT2D eigenvalue weighted by Gasteiger charge is 2.16. The number of carbonyl (C=O) groups is 2. The number of halogens is 2. The minimum absolute atomic E-state index is 0.0962. The van der Waals surface area contributed by atoms with E-state index < -0.39 is 0 Å². The van der Waals surface area contributed by atoms with Gasteiger partial charge in [-0.1, -0.05) is 33.6 Å². The van der Waals surface area contributed by atoms with Crippen LogP contribution in [0, 0.1) is 0 Å². The summed E-state index contributed by atoms with van der Waals surface area (Å²) in [7, 11) is 3.07. The van der Waals surface area contributed by atoms with Crippen LogP contribution >= 0.6 is 27.5 Å². The van der Waals surface area contributed by atoms with E-state index in [4.69, 9.17) is 16.3 Å². The summed E-state index contributed by atoms with van der Waals surface area (Å²) in [6.45, 7) is -0.0962. The molecule has 0 radical (unpaired) electrons. The molecule has 0 saturated heterocycles. The second-order valence-electron chi connectivity index (χ2n) is 5.06. The summed E-state index contributed by atoms with van der Waals surface area (Å²) in [5, 5.41) is 3.18. The van der Waals surface area contributed by atoms with Crippen molar-refractivity contribution >= 4 is 45.0 Å². The number of nitrogens with one attached hydrogen (secondary N) is 1. The lowest BCUT2D eigenvalue weighted by Gasteiger charge is -2.18. The average Bonchev–Trinajstić information content (AvgIpc) is 2.54. The number of hydrogen-bond donors (Lipinski definition) is 1. The van der Waals surface area contributed by atoms with Gasteiger partial charge in [0.15, 0.2) is 0 Å². The monoisotopic (exact) mass is 410 g/mol. The Morgan fingerprint density at radius 2 is 2.00 bits per heavy atom. The maximum Gasteiger partial charge on any atom is 0.254 e. The van der Waals surface area contributed by atoms with Gasteiger partial charge in [-0.2, -0.15) is 0 Å². The van der Waals surface area contributed by atoms with Crippen molar-refractivity contribution in [3.63, 3.8) is 0 Å². The molecule has 2 rings (SSSR count). The van der Waals surface area contributed by atoms with Crippen molar-refractivity contribution in [2.45, 2.75) is 0 Å². The Labute approximate surface area is 153 Å². The van der Waals surface area contributed by atoms with Crippen LogP contribution in [0.3, 0.4) is 0 Å². The van der Waals surface area contributed by atoms with Gasteiger partial charge in [-0.15, -0.1) is 0 Å². The topological polar surface area (TPSA) is 58.6 Å². The minimum atomic E-state index is -0.346. The highest BCUT2D eigenvalue weighted by molar-refractivity contribution is 9.10. The van der Waals surface area contributed by atoms with Crippen molar-refractivity contribution < 1.29 is 14.3 Å². The Bertz CT molecular complexity index is 767. The summed E-state index contributed by atoms with van der Waals surface area (Å²) in [5.74, 6) is -0.0976. The zero-order valence-corrected chi connectivity index (χ0v) is 15.5. The number of carbonyl (C=O) groups excluding carboxylic acids is 2. The molecule has 5 nitrogen and oxygen atoms in total. The molecule has 2 amide bonds. The van der Waals surface area contributed by atoms with Crippen molar-refractivity contribution in [3.05, 3.63) is 57.5 Å². The normalized spacial score (nSPS) is 10.2. The van der Waals surface area contributed by atoms with Crippen LogP contribution in [0.15, 0.2) is 46.9 Å². The predicted octanol–water partition coefficient (Wildman–Crippen LogP) is 3.82. The summed E-state index contributed by atoms with van der Waals surface area (Å²) in [6.07, 6.45) is 0. The molecule has 0 aliphatic heterocycles. The number of benzene rings is 2. The highest BCUT2D eigenvalue weighted by atomic mass is 79.9. The maximum absolute atomic E-state index is 12.3. The van der Waals surface area contributed by atoms with Crippen LogP contribution in [0.25, 0.3) is 0 Å². The Morgan fingerprint density at radius 3 is 2.67 bits per heavy atom. The predicted molar refractivity (Wildman–Crippen MR) is 97.7 cm³/mol. The Morgan fingerprint density at radius 1 is 1.25 bits per heavy atom. The molecule has 2 aromatic rings. The second-order valence-corrected chi connectivity index (χ2v) is 6.42. The maximum atomic E-state index is 12.3. The first-order valence-electron chi connectivity index (χ1n) is 7.05. The van der Waals surface area contributed by atoms with Crippen molar-refractivity contribution in [3.8, 4) is 5.75 Å². The summed E-state index contributed by atoms with van der Waals surface area (Å²) in [5.41, 5.74) is 0.957. The molecule has 0 spiro atoms. The number of rotatable bonds is 5. The standard InChI is InChI=1S/C17H16BrClN2O3/c1-21(17(23)11-4-3-5-12(18)8-11)10-16(22)20-14-9-13(19)6-7-15(14)24-2/h3-9H,10H2,1-2H3,(H,20,22). The van der Waals surface area contributed by atoms with Gasteiger partial charge in [0.2, 0.25) is 5.91 Å². The molecule has 0 aromatic heterocycles. The number of likely N-dealkylation sites (N-methyl/N-ethyl adjacent to an activating group) is 1. The average molecular weight is 412 g/mol. The zero-order chi connectivity index (χ0) is 17.7. The third-order valence-corrected chi connectivity index (χ3v) is 3.96. The lowest BCUT2D eigenvalue weighted by atomic mass is 10.2. The number of hydrogen-bond acceptors (Lipinski definition) is 3. The van der Waals surface area contributed by atoms with Crippen LogP contribution < -0.4 is 10.1 Å². The second kappa shape index (κ2) is 8.17. The molecule has 0 aliphatic carbocycles. The van der Waals surface area contributed by atoms with E-state index in [-0.39, 0.29) is 18.4 Å². The molecule has 24 heavy (non-hydrogen) atoms. The first-order valence-corrected chi connectivity index (χ1v) is 8.22. The lowest BCUT2D eigenvalue weighted by Crippen LogP contribution is -2.35. The van der Waals surface area contributed by atoms with E-state index in [9.17, 15) is 9.59 Å². The molecule has 0 unspecified atom stereocenters. The van der Waals surface area contributed by atoms with Crippen molar-refractivity contribution in [2.24, 2.45) is 0 Å². The van der Waals surface area contributed by atoms with Gasteiger partial charge in [0.25, 0.3) is 5.91 Å². The largest absolute Gasteiger partial charge is 0.495 e. The molecule has 0 saturated carbocycles. The number of amides is 2. The van der Waals surface area contributed by atoms with E-state index in [2.05, 4.69) is 21.2 Å². The van der Waals surface area contributed by atoms with Gasteiger partial charge in [-0.25, -0.2) is 0 Å². The third-order valence-electron chi connectivity index (χ3n) is 3.23. The molecule has 0 heterocycles. The van der Waals surface area contributed by atoms with Gasteiger partial charge < -0.3 is 15.0 Å². The molecular formula is C17H16BrClN2O3. The molecule has 1 N–H and O–H groups in total. The number of ether oxygens (including phenoxy) is 1. The van der Waals surface area contributed by atoms with E-state index in [1.807, 2.05) is 6.07 Å². The molecular weight excluding hydrogens is 396 g/mol. The number of nitrogens with zero attached hydrogens (tertiary/aromatic N) is 1. The van der Waals surface area contributed by atoms with Gasteiger partial charge in [-0.3, -0.25) is 9.59 Å². The van der Waals surface area contributed by atoms with Crippen LogP contribution in [-0.4, -0.2) is 37.4 Å². The quantitative estimate of drug-likeness (QED) is 0.813. The fourth-order valence-electron chi connectivity index (χ4n) is 2.10. The van der Waals surface area contributed by atoms with E-state index in [0.717, 1.165) is 4.47 Å². The summed E-state index contributed by atoms with van der Waals surface area (Å²) in [4.78, 5) is 25.9. The van der Waals surface area contributed by atoms with Crippen molar-refractivity contribution in [2.75, 3.05) is 26.0 Å².